The van der Waals surface area contributed by atoms with Crippen LogP contribution in [0.15, 0.2) is 24.4 Å². The molecule has 3 nitrogen and oxygen atoms in total. The minimum atomic E-state index is 0.149. The maximum absolute atomic E-state index is 11.1. The highest BCUT2D eigenvalue weighted by atomic mass is 16.1. The van der Waals surface area contributed by atoms with E-state index in [9.17, 15) is 4.79 Å². The number of ketones is 1. The molecule has 1 aromatic rings. The summed E-state index contributed by atoms with van der Waals surface area (Å²) in [6, 6.07) is 5.55. The average molecular weight is 164 g/mol. The summed E-state index contributed by atoms with van der Waals surface area (Å²) in [6.07, 6.45) is 2.53. The standard InChI is InChI=1S/C9H12N2O/c10-5-4-9(12)7-8-3-1-2-6-11-8/h1-3,6H,4-5,7,10H2. The molecular weight excluding hydrogens is 152 g/mol. The molecule has 0 saturated carbocycles. The largest absolute Gasteiger partial charge is 0.330 e. The van der Waals surface area contributed by atoms with Crippen molar-refractivity contribution < 1.29 is 4.79 Å². The number of nitrogens with two attached hydrogens (primary N) is 1. The number of carbonyl (C=O) groups is 1. The SMILES string of the molecule is NCCC(=O)Cc1ccccn1. The first-order valence-electron chi connectivity index (χ1n) is 3.94. The molecule has 1 aromatic heterocycles. The monoisotopic (exact) mass is 164 g/mol. The van der Waals surface area contributed by atoms with Crippen molar-refractivity contribution in [3.8, 4) is 0 Å². The minimum absolute atomic E-state index is 0.149. The van der Waals surface area contributed by atoms with E-state index in [4.69, 9.17) is 5.73 Å². The smallest absolute Gasteiger partial charge is 0.140 e. The molecule has 2 N–H and O–H groups in total. The number of pyridine rings is 1. The molecule has 0 unspecified atom stereocenters. The van der Waals surface area contributed by atoms with Crippen molar-refractivity contribution in [2.45, 2.75) is 12.8 Å². The van der Waals surface area contributed by atoms with Gasteiger partial charge >= 0.3 is 0 Å². The highest BCUT2D eigenvalue weighted by Gasteiger charge is 2.01. The number of carbonyl (C=O) groups excluding carboxylic acids is 1. The lowest BCUT2D eigenvalue weighted by Gasteiger charge is -1.97. The Hall–Kier alpha value is -1.22. The van der Waals surface area contributed by atoms with E-state index in [0.29, 0.717) is 19.4 Å². The molecule has 0 spiro atoms. The van der Waals surface area contributed by atoms with Crippen molar-refractivity contribution in [1.82, 2.24) is 4.98 Å². The Morgan fingerprint density at radius 3 is 2.92 bits per heavy atom. The predicted molar refractivity (Wildman–Crippen MR) is 46.6 cm³/mol. The van der Waals surface area contributed by atoms with Gasteiger partial charge in [0.2, 0.25) is 0 Å². The van der Waals surface area contributed by atoms with E-state index < -0.39 is 0 Å². The summed E-state index contributed by atoms with van der Waals surface area (Å²) in [5.41, 5.74) is 6.06. The topological polar surface area (TPSA) is 56.0 Å². The third-order valence-corrected chi connectivity index (χ3v) is 1.53. The molecule has 0 aromatic carbocycles. The normalized spacial score (nSPS) is 9.75. The summed E-state index contributed by atoms with van der Waals surface area (Å²) in [5, 5.41) is 0. The molecule has 0 aliphatic rings. The van der Waals surface area contributed by atoms with Crippen molar-refractivity contribution in [3.05, 3.63) is 30.1 Å². The maximum Gasteiger partial charge on any atom is 0.140 e. The lowest BCUT2D eigenvalue weighted by molar-refractivity contribution is -0.118. The summed E-state index contributed by atoms with van der Waals surface area (Å²) in [7, 11) is 0. The predicted octanol–water partition coefficient (Wildman–Crippen LogP) is 0.542. The van der Waals surface area contributed by atoms with Gasteiger partial charge in [-0.25, -0.2) is 0 Å². The fourth-order valence-corrected chi connectivity index (χ4v) is 0.954. The molecule has 1 rings (SSSR count). The molecule has 0 aliphatic carbocycles. The summed E-state index contributed by atoms with van der Waals surface area (Å²) < 4.78 is 0. The van der Waals surface area contributed by atoms with E-state index in [1.807, 2.05) is 18.2 Å². The highest BCUT2D eigenvalue weighted by molar-refractivity contribution is 5.80. The molecule has 0 bridgehead atoms. The third kappa shape index (κ3) is 2.80. The number of Topliss-reactive ketones (excluding diaryl/α,β-unsaturated/α-hetero) is 1. The van der Waals surface area contributed by atoms with Crippen LogP contribution >= 0.6 is 0 Å². The second-order valence-electron chi connectivity index (χ2n) is 2.58. The zero-order valence-corrected chi connectivity index (χ0v) is 6.86. The Balaban J connectivity index is 2.47. The molecule has 64 valence electrons. The molecule has 0 aliphatic heterocycles. The fraction of sp³-hybridized carbons (Fsp3) is 0.333. The van der Waals surface area contributed by atoms with E-state index >= 15 is 0 Å². The molecule has 3 heteroatoms. The van der Waals surface area contributed by atoms with Gasteiger partial charge in [-0.3, -0.25) is 9.78 Å². The summed E-state index contributed by atoms with van der Waals surface area (Å²) in [4.78, 5) is 15.1. The first kappa shape index (κ1) is 8.87. The van der Waals surface area contributed by atoms with Crippen LogP contribution in [0, 0.1) is 0 Å². The Morgan fingerprint density at radius 1 is 1.50 bits per heavy atom. The minimum Gasteiger partial charge on any atom is -0.330 e. The van der Waals surface area contributed by atoms with Gasteiger partial charge in [-0.15, -0.1) is 0 Å². The molecular formula is C9H12N2O. The van der Waals surface area contributed by atoms with Gasteiger partial charge in [-0.05, 0) is 18.7 Å². The lowest BCUT2D eigenvalue weighted by Crippen LogP contribution is -2.10. The summed E-state index contributed by atoms with van der Waals surface area (Å²) in [5.74, 6) is 0.149. The van der Waals surface area contributed by atoms with Crippen LogP contribution < -0.4 is 5.73 Å². The van der Waals surface area contributed by atoms with Crippen molar-refractivity contribution in [1.29, 1.82) is 0 Å². The van der Waals surface area contributed by atoms with Crippen LogP contribution in [0.3, 0.4) is 0 Å². The van der Waals surface area contributed by atoms with Crippen LogP contribution in [-0.4, -0.2) is 17.3 Å². The summed E-state index contributed by atoms with van der Waals surface area (Å²) >= 11 is 0. The quantitative estimate of drug-likeness (QED) is 0.706. The Bertz CT molecular complexity index is 246. The van der Waals surface area contributed by atoms with Gasteiger partial charge in [0, 0.05) is 24.7 Å². The maximum atomic E-state index is 11.1. The van der Waals surface area contributed by atoms with Crippen molar-refractivity contribution in [2.75, 3.05) is 6.54 Å². The zero-order valence-electron chi connectivity index (χ0n) is 6.86. The van der Waals surface area contributed by atoms with Crippen LogP contribution in [0.5, 0.6) is 0 Å². The van der Waals surface area contributed by atoms with Gasteiger partial charge in [0.1, 0.15) is 5.78 Å². The van der Waals surface area contributed by atoms with E-state index in [1.165, 1.54) is 0 Å². The second kappa shape index (κ2) is 4.62. The average Bonchev–Trinajstić information content (AvgIpc) is 2.06. The number of hydrogen-bond donors (Lipinski definition) is 1. The summed E-state index contributed by atoms with van der Waals surface area (Å²) in [6.45, 7) is 0.422. The van der Waals surface area contributed by atoms with Gasteiger partial charge in [0.05, 0.1) is 0 Å². The van der Waals surface area contributed by atoms with E-state index in [-0.39, 0.29) is 5.78 Å². The van der Waals surface area contributed by atoms with E-state index in [1.54, 1.807) is 6.20 Å². The Kier molecular flexibility index (Phi) is 3.41. The van der Waals surface area contributed by atoms with Crippen LogP contribution in [0.2, 0.25) is 0 Å². The van der Waals surface area contributed by atoms with Gasteiger partial charge in [-0.1, -0.05) is 6.07 Å². The number of aromatic nitrogens is 1. The van der Waals surface area contributed by atoms with Gasteiger partial charge < -0.3 is 5.73 Å². The first-order chi connectivity index (χ1) is 5.83. The molecule has 1 heterocycles. The van der Waals surface area contributed by atoms with E-state index in [2.05, 4.69) is 4.98 Å². The van der Waals surface area contributed by atoms with E-state index in [0.717, 1.165) is 5.69 Å². The van der Waals surface area contributed by atoms with Crippen LogP contribution in [0.1, 0.15) is 12.1 Å². The van der Waals surface area contributed by atoms with Crippen LogP contribution in [0.25, 0.3) is 0 Å². The molecule has 0 atom stereocenters. The molecule has 0 amide bonds. The van der Waals surface area contributed by atoms with Gasteiger partial charge in [0.15, 0.2) is 0 Å². The molecule has 0 fully saturated rings. The van der Waals surface area contributed by atoms with Crippen LogP contribution in [0.4, 0.5) is 0 Å². The number of rotatable bonds is 4. The number of nitrogens with zero attached hydrogens (tertiary/aromatic N) is 1. The second-order valence-corrected chi connectivity index (χ2v) is 2.58. The first-order valence-corrected chi connectivity index (χ1v) is 3.94. The Morgan fingerprint density at radius 2 is 2.33 bits per heavy atom. The van der Waals surface area contributed by atoms with Crippen LogP contribution in [-0.2, 0) is 11.2 Å². The molecule has 12 heavy (non-hydrogen) atoms. The highest BCUT2D eigenvalue weighted by Crippen LogP contribution is 1.96. The number of hydrogen-bond acceptors (Lipinski definition) is 3. The van der Waals surface area contributed by atoms with Gasteiger partial charge in [-0.2, -0.15) is 0 Å². The van der Waals surface area contributed by atoms with Crippen molar-refractivity contribution >= 4 is 5.78 Å². The lowest BCUT2D eigenvalue weighted by atomic mass is 10.1. The van der Waals surface area contributed by atoms with Crippen molar-refractivity contribution in [2.24, 2.45) is 5.73 Å². The molecule has 0 radical (unpaired) electrons. The third-order valence-electron chi connectivity index (χ3n) is 1.53. The fourth-order valence-electron chi connectivity index (χ4n) is 0.954. The van der Waals surface area contributed by atoms with Gasteiger partial charge in [0.25, 0.3) is 0 Å². The Labute approximate surface area is 71.6 Å². The molecule has 0 saturated heterocycles. The van der Waals surface area contributed by atoms with Crippen molar-refractivity contribution in [3.63, 3.8) is 0 Å². The zero-order chi connectivity index (χ0) is 8.81.